The first kappa shape index (κ1) is 22.0. The Labute approximate surface area is 181 Å². The van der Waals surface area contributed by atoms with E-state index in [0.717, 1.165) is 28.2 Å². The predicted octanol–water partition coefficient (Wildman–Crippen LogP) is 3.27. The molecule has 3 aromatic rings. The molecule has 0 aliphatic heterocycles. The summed E-state index contributed by atoms with van der Waals surface area (Å²) in [4.78, 5) is 18.1. The second-order valence-corrected chi connectivity index (χ2v) is 6.90. The highest BCUT2D eigenvalue weighted by atomic mass is 16.5. The fourth-order valence-corrected chi connectivity index (χ4v) is 3.01. The third-order valence-electron chi connectivity index (χ3n) is 4.63. The van der Waals surface area contributed by atoms with E-state index in [9.17, 15) is 10.0 Å². The van der Waals surface area contributed by atoms with Gasteiger partial charge in [-0.25, -0.2) is 0 Å². The number of carbonyl (C=O) groups is 1. The summed E-state index contributed by atoms with van der Waals surface area (Å²) in [6.07, 6.45) is 2.28. The molecule has 0 unspecified atom stereocenters. The number of hydrogen-bond donors (Lipinski definition) is 1. The minimum Gasteiger partial charge on any atom is -0.494 e. The van der Waals surface area contributed by atoms with E-state index in [4.69, 9.17) is 9.47 Å². The van der Waals surface area contributed by atoms with Crippen molar-refractivity contribution in [3.05, 3.63) is 90.0 Å². The lowest BCUT2D eigenvalue weighted by molar-refractivity contribution is -0.139. The number of hydrogen-bond acceptors (Lipinski definition) is 6. The van der Waals surface area contributed by atoms with E-state index in [2.05, 4.69) is 4.99 Å². The Bertz CT molecular complexity index is 1020. The van der Waals surface area contributed by atoms with Crippen LogP contribution in [0.5, 0.6) is 5.75 Å². The molecular formula is C24H27N3O4. The van der Waals surface area contributed by atoms with Crippen molar-refractivity contribution in [2.24, 2.45) is 4.99 Å². The molecule has 162 valence electrons. The molecule has 1 N–H and O–H groups in total. The topological polar surface area (TPSA) is 76.3 Å². The second-order valence-electron chi connectivity index (χ2n) is 6.90. The van der Waals surface area contributed by atoms with Gasteiger partial charge in [0.25, 0.3) is 0 Å². The molecule has 2 aromatic carbocycles. The van der Waals surface area contributed by atoms with Gasteiger partial charge in [0.2, 0.25) is 0 Å². The number of pyridine rings is 1. The predicted molar refractivity (Wildman–Crippen MR) is 118 cm³/mol. The Morgan fingerprint density at radius 2 is 1.77 bits per heavy atom. The normalized spacial score (nSPS) is 11.2. The van der Waals surface area contributed by atoms with E-state index in [1.54, 1.807) is 18.3 Å². The Hall–Kier alpha value is -3.74. The minimum atomic E-state index is -0.281. The Kier molecular flexibility index (Phi) is 8.11. The highest BCUT2D eigenvalue weighted by Crippen LogP contribution is 2.19. The van der Waals surface area contributed by atoms with E-state index in [1.807, 2.05) is 65.6 Å². The summed E-state index contributed by atoms with van der Waals surface area (Å²) in [7, 11) is 1.40. The van der Waals surface area contributed by atoms with Crippen LogP contribution >= 0.6 is 0 Å². The molecule has 1 aromatic heterocycles. The van der Waals surface area contributed by atoms with Crippen molar-refractivity contribution in [1.82, 2.24) is 4.73 Å². The maximum absolute atomic E-state index is 11.8. The fraction of sp³-hybridized carbons (Fsp3) is 0.250. The molecule has 0 amide bonds. The second kappa shape index (κ2) is 11.4. The van der Waals surface area contributed by atoms with E-state index in [0.29, 0.717) is 25.2 Å². The molecule has 7 heteroatoms. The summed E-state index contributed by atoms with van der Waals surface area (Å²) < 4.78 is 11.6. The van der Waals surface area contributed by atoms with Gasteiger partial charge in [0.15, 0.2) is 5.49 Å². The number of benzene rings is 2. The van der Waals surface area contributed by atoms with Crippen LogP contribution in [0.3, 0.4) is 0 Å². The van der Waals surface area contributed by atoms with Crippen molar-refractivity contribution in [1.29, 1.82) is 0 Å². The number of ether oxygens (including phenoxy) is 2. The van der Waals surface area contributed by atoms with Crippen LogP contribution in [-0.4, -0.2) is 42.7 Å². The SMILES string of the molecule is COC(=O)CN(Cc1ccc(OCCCN=c2ccccn2O)cc1)c1ccccc1. The largest absolute Gasteiger partial charge is 0.494 e. The summed E-state index contributed by atoms with van der Waals surface area (Å²) >= 11 is 0. The van der Waals surface area contributed by atoms with Gasteiger partial charge in [0, 0.05) is 31.4 Å². The van der Waals surface area contributed by atoms with Gasteiger partial charge in [0.1, 0.15) is 12.3 Å². The third kappa shape index (κ3) is 6.92. The zero-order valence-electron chi connectivity index (χ0n) is 17.6. The van der Waals surface area contributed by atoms with Crippen LogP contribution in [0.1, 0.15) is 12.0 Å². The van der Waals surface area contributed by atoms with Crippen LogP contribution in [-0.2, 0) is 16.1 Å². The van der Waals surface area contributed by atoms with Crippen molar-refractivity contribution in [2.45, 2.75) is 13.0 Å². The Morgan fingerprint density at radius 1 is 1.03 bits per heavy atom. The van der Waals surface area contributed by atoms with Crippen molar-refractivity contribution >= 4 is 11.7 Å². The number of methoxy groups -OCH3 is 1. The van der Waals surface area contributed by atoms with E-state index in [-0.39, 0.29) is 12.5 Å². The molecule has 0 bridgehead atoms. The molecule has 0 aliphatic carbocycles. The monoisotopic (exact) mass is 421 g/mol. The first-order valence-corrected chi connectivity index (χ1v) is 10.1. The molecule has 7 nitrogen and oxygen atoms in total. The van der Waals surface area contributed by atoms with E-state index < -0.39 is 0 Å². The van der Waals surface area contributed by atoms with Crippen LogP contribution < -0.4 is 15.1 Å². The van der Waals surface area contributed by atoms with Crippen LogP contribution in [0, 0.1) is 0 Å². The maximum atomic E-state index is 11.8. The highest BCUT2D eigenvalue weighted by molar-refractivity contribution is 5.75. The van der Waals surface area contributed by atoms with Crippen LogP contribution in [0.15, 0.2) is 84.0 Å². The first-order chi connectivity index (χ1) is 15.2. The number of rotatable bonds is 10. The maximum Gasteiger partial charge on any atom is 0.325 e. The molecule has 0 spiro atoms. The van der Waals surface area contributed by atoms with E-state index in [1.165, 1.54) is 7.11 Å². The minimum absolute atomic E-state index is 0.178. The molecular weight excluding hydrogens is 394 g/mol. The number of nitrogens with zero attached hydrogens (tertiary/aromatic N) is 3. The highest BCUT2D eigenvalue weighted by Gasteiger charge is 2.12. The average Bonchev–Trinajstić information content (AvgIpc) is 2.81. The lowest BCUT2D eigenvalue weighted by Gasteiger charge is -2.23. The molecule has 0 fully saturated rings. The van der Waals surface area contributed by atoms with Gasteiger partial charge in [0.05, 0.1) is 13.7 Å². The van der Waals surface area contributed by atoms with Crippen LogP contribution in [0.25, 0.3) is 0 Å². The fourth-order valence-electron chi connectivity index (χ4n) is 3.01. The van der Waals surface area contributed by atoms with Crippen LogP contribution in [0.4, 0.5) is 5.69 Å². The van der Waals surface area contributed by atoms with Gasteiger partial charge in [-0.05, 0) is 42.0 Å². The number of carbonyl (C=O) groups excluding carboxylic acids is 1. The standard InChI is InChI=1S/C24H27N3O4/c1-30-24(28)19-26(21-8-3-2-4-9-21)18-20-11-13-22(14-12-20)31-17-7-15-25-23-10-5-6-16-27(23)29/h2-6,8-14,16,29H,7,15,17-19H2,1H3. The van der Waals surface area contributed by atoms with Crippen molar-refractivity contribution in [3.63, 3.8) is 0 Å². The van der Waals surface area contributed by atoms with Crippen molar-refractivity contribution in [2.75, 3.05) is 31.7 Å². The quantitative estimate of drug-likeness (QED) is 0.309. The summed E-state index contributed by atoms with van der Waals surface area (Å²) in [5.74, 6) is 0.497. The molecule has 0 saturated carbocycles. The van der Waals surface area contributed by atoms with Crippen LogP contribution in [0.2, 0.25) is 0 Å². The zero-order valence-corrected chi connectivity index (χ0v) is 17.6. The molecule has 0 saturated heterocycles. The Morgan fingerprint density at radius 3 is 2.48 bits per heavy atom. The smallest absolute Gasteiger partial charge is 0.325 e. The molecule has 31 heavy (non-hydrogen) atoms. The number of aromatic nitrogens is 1. The number of para-hydroxylation sites is 1. The molecule has 1 heterocycles. The van der Waals surface area contributed by atoms with Gasteiger partial charge in [-0.2, -0.15) is 4.73 Å². The number of anilines is 1. The summed E-state index contributed by atoms with van der Waals surface area (Å²) in [6.45, 7) is 1.84. The first-order valence-electron chi connectivity index (χ1n) is 10.1. The average molecular weight is 421 g/mol. The lowest BCUT2D eigenvalue weighted by atomic mass is 10.2. The molecule has 3 rings (SSSR count). The lowest BCUT2D eigenvalue weighted by Crippen LogP contribution is -2.30. The Balaban J connectivity index is 1.52. The summed E-state index contributed by atoms with van der Waals surface area (Å²) in [5.41, 5.74) is 2.54. The van der Waals surface area contributed by atoms with Gasteiger partial charge in [-0.1, -0.05) is 36.4 Å². The summed E-state index contributed by atoms with van der Waals surface area (Å²) in [6, 6.07) is 22.9. The molecule has 0 aliphatic rings. The zero-order chi connectivity index (χ0) is 21.9. The van der Waals surface area contributed by atoms with E-state index >= 15 is 0 Å². The van der Waals surface area contributed by atoms with Gasteiger partial charge >= 0.3 is 5.97 Å². The summed E-state index contributed by atoms with van der Waals surface area (Å²) in [5, 5.41) is 9.63. The van der Waals surface area contributed by atoms with Gasteiger partial charge < -0.3 is 19.6 Å². The van der Waals surface area contributed by atoms with Gasteiger partial charge in [-0.15, -0.1) is 0 Å². The molecule has 0 radical (unpaired) electrons. The van der Waals surface area contributed by atoms with Crippen molar-refractivity contribution in [3.8, 4) is 5.75 Å². The van der Waals surface area contributed by atoms with Gasteiger partial charge in [-0.3, -0.25) is 9.79 Å². The van der Waals surface area contributed by atoms with Crippen molar-refractivity contribution < 1.29 is 19.5 Å². The number of esters is 1. The third-order valence-corrected chi connectivity index (χ3v) is 4.63. The molecule has 0 atom stereocenters.